The second-order valence-electron chi connectivity index (χ2n) is 5.49. The molecule has 0 fully saturated rings. The highest BCUT2D eigenvalue weighted by Gasteiger charge is 2.24. The molecule has 0 N–H and O–H groups in total. The van der Waals surface area contributed by atoms with Crippen molar-refractivity contribution >= 4 is 26.6 Å². The van der Waals surface area contributed by atoms with Crippen LogP contribution in [0.15, 0.2) is 24.4 Å². The van der Waals surface area contributed by atoms with Crippen LogP contribution in [0, 0.1) is 0 Å². The van der Waals surface area contributed by atoms with E-state index in [4.69, 9.17) is 20.4 Å². The largest absolute Gasteiger partial charge is 0.493 e. The van der Waals surface area contributed by atoms with Crippen molar-refractivity contribution in [3.05, 3.63) is 30.0 Å². The van der Waals surface area contributed by atoms with Crippen molar-refractivity contribution in [1.82, 2.24) is 9.47 Å². The average Bonchev–Trinajstić information content (AvgIpc) is 2.92. The van der Waals surface area contributed by atoms with Crippen LogP contribution in [0.2, 0.25) is 0 Å². The van der Waals surface area contributed by atoms with E-state index in [1.54, 1.807) is 0 Å². The summed E-state index contributed by atoms with van der Waals surface area (Å²) in [6, 6.07) is 6.11. The number of rotatable bonds is 3. The molecule has 19 heavy (non-hydrogen) atoms. The number of ether oxygens (including phenoxy) is 1. The van der Waals surface area contributed by atoms with E-state index in [-0.39, 0.29) is 0 Å². The molecule has 0 amide bonds. The summed E-state index contributed by atoms with van der Waals surface area (Å²) >= 11 is 0. The van der Waals surface area contributed by atoms with Crippen molar-refractivity contribution in [2.24, 2.45) is 0 Å². The molecular weight excluding hydrogens is 234 g/mol. The topological polar surface area (TPSA) is 17.4 Å². The van der Waals surface area contributed by atoms with E-state index in [0.29, 0.717) is 6.54 Å². The van der Waals surface area contributed by atoms with Gasteiger partial charge >= 0.3 is 0 Å². The Labute approximate surface area is 116 Å². The Morgan fingerprint density at radius 2 is 2.11 bits per heavy atom. The molecule has 1 aromatic heterocycles. The quantitative estimate of drug-likeness (QED) is 0.758. The highest BCUT2D eigenvalue weighted by atomic mass is 16.5. The van der Waals surface area contributed by atoms with Gasteiger partial charge < -0.3 is 14.2 Å². The highest BCUT2D eigenvalue weighted by Crippen LogP contribution is 2.34. The van der Waals surface area contributed by atoms with E-state index in [0.717, 1.165) is 24.3 Å². The lowest BCUT2D eigenvalue weighted by molar-refractivity contribution is 0.354. The maximum atomic E-state index is 6.26. The van der Waals surface area contributed by atoms with Gasteiger partial charge in [-0.15, -0.1) is 0 Å². The fraction of sp³-hybridized carbons (Fsp3) is 0.429. The molecule has 0 saturated heterocycles. The zero-order valence-corrected chi connectivity index (χ0v) is 11.4. The third-order valence-corrected chi connectivity index (χ3v) is 3.57. The van der Waals surface area contributed by atoms with Crippen LogP contribution < -0.4 is 4.74 Å². The molecule has 2 heterocycles. The zero-order valence-electron chi connectivity index (χ0n) is 11.4. The normalized spacial score (nSPS) is 14.9. The standard InChI is InChI=1S/C14H16B2N2O/c1-17(2)9-14(15,16)18-7-5-10-11-6-8-19-13(11)4-3-12(10)18/h3-5,7H,6,8-9H2,1-2H3. The molecule has 0 unspecified atom stereocenters. The lowest BCUT2D eigenvalue weighted by atomic mass is 9.61. The summed E-state index contributed by atoms with van der Waals surface area (Å²) in [5.74, 6) is 0.984. The first-order chi connectivity index (χ1) is 8.99. The second kappa shape index (κ2) is 4.34. The van der Waals surface area contributed by atoms with E-state index in [9.17, 15) is 0 Å². The minimum atomic E-state index is -0.918. The van der Waals surface area contributed by atoms with Crippen molar-refractivity contribution in [2.75, 3.05) is 27.2 Å². The summed E-state index contributed by atoms with van der Waals surface area (Å²) in [6.07, 6.45) is 2.92. The van der Waals surface area contributed by atoms with Gasteiger partial charge in [0.1, 0.15) is 5.75 Å². The van der Waals surface area contributed by atoms with Gasteiger partial charge in [0.25, 0.3) is 0 Å². The van der Waals surface area contributed by atoms with Crippen LogP contribution in [0.3, 0.4) is 0 Å². The van der Waals surface area contributed by atoms with Crippen molar-refractivity contribution in [3.63, 3.8) is 0 Å². The maximum absolute atomic E-state index is 6.26. The van der Waals surface area contributed by atoms with Crippen LogP contribution in [0.25, 0.3) is 10.9 Å². The Morgan fingerprint density at radius 1 is 1.32 bits per heavy atom. The van der Waals surface area contributed by atoms with Crippen molar-refractivity contribution in [1.29, 1.82) is 0 Å². The minimum absolute atomic E-state index is 0.574. The molecule has 0 saturated carbocycles. The summed E-state index contributed by atoms with van der Waals surface area (Å²) in [4.78, 5) is 1.99. The summed E-state index contributed by atoms with van der Waals surface area (Å²) in [5, 5.41) is 0.271. The maximum Gasteiger partial charge on any atom is 0.123 e. The van der Waals surface area contributed by atoms with Crippen LogP contribution in [0.5, 0.6) is 5.75 Å². The number of likely N-dealkylation sites (N-methyl/N-ethyl adjacent to an activating group) is 1. The Kier molecular flexibility index (Phi) is 2.90. The predicted molar refractivity (Wildman–Crippen MR) is 79.2 cm³/mol. The molecule has 0 bridgehead atoms. The first-order valence-corrected chi connectivity index (χ1v) is 6.48. The van der Waals surface area contributed by atoms with Gasteiger partial charge in [-0.05, 0) is 37.6 Å². The van der Waals surface area contributed by atoms with Crippen molar-refractivity contribution < 1.29 is 4.74 Å². The summed E-state index contributed by atoms with van der Waals surface area (Å²) in [5.41, 5.74) is 2.33. The Hall–Kier alpha value is -1.35. The number of fused-ring (bicyclic) bond motifs is 3. The molecule has 5 heteroatoms. The molecule has 2 aromatic rings. The van der Waals surface area contributed by atoms with Gasteiger partial charge in [0.2, 0.25) is 0 Å². The van der Waals surface area contributed by atoms with Gasteiger partial charge in [0, 0.05) is 35.6 Å². The molecule has 3 rings (SSSR count). The van der Waals surface area contributed by atoms with Gasteiger partial charge in [-0.25, -0.2) is 0 Å². The monoisotopic (exact) mass is 250 g/mol. The van der Waals surface area contributed by atoms with Gasteiger partial charge in [-0.2, -0.15) is 0 Å². The Bertz CT molecular complexity index is 619. The fourth-order valence-electron chi connectivity index (χ4n) is 2.86. The lowest BCUT2D eigenvalue weighted by Gasteiger charge is -2.32. The molecule has 1 aliphatic heterocycles. The molecule has 0 aliphatic carbocycles. The van der Waals surface area contributed by atoms with Crippen LogP contribution in [0.1, 0.15) is 5.56 Å². The first kappa shape index (κ1) is 12.7. The average molecular weight is 250 g/mol. The fourth-order valence-corrected chi connectivity index (χ4v) is 2.86. The first-order valence-electron chi connectivity index (χ1n) is 6.48. The third kappa shape index (κ3) is 2.06. The summed E-state index contributed by atoms with van der Waals surface area (Å²) in [6.45, 7) is 1.33. The van der Waals surface area contributed by atoms with E-state index in [1.807, 2.05) is 41.9 Å². The van der Waals surface area contributed by atoms with E-state index >= 15 is 0 Å². The number of benzene rings is 1. The molecule has 0 spiro atoms. The molecular formula is C14H16B2N2O. The van der Waals surface area contributed by atoms with Gasteiger partial charge in [-0.1, -0.05) is 0 Å². The smallest absolute Gasteiger partial charge is 0.123 e. The van der Waals surface area contributed by atoms with E-state index in [1.165, 1.54) is 10.9 Å². The van der Waals surface area contributed by atoms with Gasteiger partial charge in [0.15, 0.2) is 0 Å². The Balaban J connectivity index is 2.11. The number of hydrogen-bond acceptors (Lipinski definition) is 2. The van der Waals surface area contributed by atoms with Crippen molar-refractivity contribution in [2.45, 2.75) is 11.8 Å². The number of nitrogens with zero attached hydrogens (tertiary/aromatic N) is 2. The van der Waals surface area contributed by atoms with E-state index in [2.05, 4.69) is 6.07 Å². The van der Waals surface area contributed by atoms with Crippen LogP contribution in [-0.2, 0) is 11.8 Å². The SMILES string of the molecule is [B]C([B])(CN(C)C)n1ccc2c3c(ccc21)OCC3. The molecule has 0 atom stereocenters. The highest BCUT2D eigenvalue weighted by molar-refractivity contribution is 6.38. The number of aromatic nitrogens is 1. The molecule has 1 aliphatic rings. The van der Waals surface area contributed by atoms with Crippen LogP contribution in [-0.4, -0.2) is 52.4 Å². The zero-order chi connectivity index (χ0) is 13.6. The molecule has 3 nitrogen and oxygen atoms in total. The predicted octanol–water partition coefficient (Wildman–Crippen LogP) is 1.09. The van der Waals surface area contributed by atoms with Crippen LogP contribution >= 0.6 is 0 Å². The van der Waals surface area contributed by atoms with E-state index < -0.39 is 5.34 Å². The minimum Gasteiger partial charge on any atom is -0.493 e. The lowest BCUT2D eigenvalue weighted by Crippen LogP contribution is -2.43. The van der Waals surface area contributed by atoms with Gasteiger partial charge in [0.05, 0.1) is 22.3 Å². The summed E-state index contributed by atoms with van der Waals surface area (Å²) < 4.78 is 7.53. The van der Waals surface area contributed by atoms with Gasteiger partial charge in [-0.3, -0.25) is 0 Å². The second-order valence-corrected chi connectivity index (χ2v) is 5.49. The Morgan fingerprint density at radius 3 is 2.84 bits per heavy atom. The third-order valence-electron chi connectivity index (χ3n) is 3.57. The van der Waals surface area contributed by atoms with Crippen molar-refractivity contribution in [3.8, 4) is 5.75 Å². The van der Waals surface area contributed by atoms with Crippen LogP contribution in [0.4, 0.5) is 0 Å². The molecule has 94 valence electrons. The number of hydrogen-bond donors (Lipinski definition) is 0. The summed E-state index contributed by atoms with van der Waals surface area (Å²) in [7, 11) is 16.5. The molecule has 4 radical (unpaired) electrons. The molecule has 1 aromatic carbocycles.